The van der Waals surface area contributed by atoms with E-state index in [1.54, 1.807) is 7.11 Å². The lowest BCUT2D eigenvalue weighted by molar-refractivity contribution is 0.261. The molecule has 0 N–H and O–H groups in total. The second kappa shape index (κ2) is 2.22. The van der Waals surface area contributed by atoms with Gasteiger partial charge in [-0.05, 0) is 6.42 Å². The molecule has 0 saturated heterocycles. The van der Waals surface area contributed by atoms with Gasteiger partial charge in [0.05, 0.1) is 7.11 Å². The van der Waals surface area contributed by atoms with Gasteiger partial charge in [-0.2, -0.15) is 0 Å². The van der Waals surface area contributed by atoms with E-state index >= 15 is 0 Å². The van der Waals surface area contributed by atoms with Gasteiger partial charge in [-0.1, -0.05) is 12.7 Å². The van der Waals surface area contributed by atoms with E-state index in [1.807, 2.05) is 6.08 Å². The van der Waals surface area contributed by atoms with Crippen LogP contribution in [0.5, 0.6) is 0 Å². The number of fused-ring (bicyclic) bond motifs is 1. The van der Waals surface area contributed by atoms with Crippen molar-refractivity contribution < 1.29 is 4.74 Å². The van der Waals surface area contributed by atoms with Crippen LogP contribution in [0.3, 0.4) is 0 Å². The second-order valence-corrected chi connectivity index (χ2v) is 3.50. The van der Waals surface area contributed by atoms with Crippen LogP contribution in [0.1, 0.15) is 12.8 Å². The molecule has 1 saturated carbocycles. The van der Waals surface area contributed by atoms with Crippen LogP contribution in [0.15, 0.2) is 30.0 Å². The van der Waals surface area contributed by atoms with E-state index in [-0.39, 0.29) is 11.5 Å². The molecule has 2 unspecified atom stereocenters. The largest absolute Gasteiger partial charge is 0.499 e. The third-order valence-corrected chi connectivity index (χ3v) is 2.83. The first-order chi connectivity index (χ1) is 5.72. The zero-order valence-corrected chi connectivity index (χ0v) is 7.34. The van der Waals surface area contributed by atoms with Crippen molar-refractivity contribution in [3.05, 3.63) is 25.0 Å². The highest BCUT2D eigenvalue weighted by Gasteiger charge is 2.54. The molecule has 0 bridgehead atoms. The Hall–Kier alpha value is -1.05. The van der Waals surface area contributed by atoms with Crippen LogP contribution in [-0.2, 0) is 4.74 Å². The molecule has 2 atom stereocenters. The molecule has 0 amide bonds. The molecule has 1 aliphatic heterocycles. The molecule has 0 aromatic heterocycles. The summed E-state index contributed by atoms with van der Waals surface area (Å²) >= 11 is 0. The Morgan fingerprint density at radius 1 is 1.83 bits per heavy atom. The van der Waals surface area contributed by atoms with Gasteiger partial charge in [0, 0.05) is 17.5 Å². The number of methoxy groups -OCH3 is 1. The standard InChI is InChI=1S/C10H13NO/c1-4-10-5-8(7(2)12-3)11-9(10)6-10/h4,8H,1-2,5-6H2,3H3. The third-order valence-electron chi connectivity index (χ3n) is 2.83. The fraction of sp³-hybridized carbons (Fsp3) is 0.500. The van der Waals surface area contributed by atoms with E-state index in [0.29, 0.717) is 0 Å². The summed E-state index contributed by atoms with van der Waals surface area (Å²) in [6.07, 6.45) is 4.12. The predicted molar refractivity (Wildman–Crippen MR) is 49.2 cm³/mol. The molecular weight excluding hydrogens is 150 g/mol. The molecule has 12 heavy (non-hydrogen) atoms. The lowest BCUT2D eigenvalue weighted by Crippen LogP contribution is -2.10. The minimum absolute atomic E-state index is 0.178. The zero-order valence-electron chi connectivity index (χ0n) is 7.34. The minimum atomic E-state index is 0.178. The Morgan fingerprint density at radius 3 is 3.08 bits per heavy atom. The molecule has 0 aromatic carbocycles. The Kier molecular flexibility index (Phi) is 1.40. The minimum Gasteiger partial charge on any atom is -0.499 e. The Balaban J connectivity index is 2.11. The van der Waals surface area contributed by atoms with Crippen LogP contribution < -0.4 is 0 Å². The molecule has 2 heteroatoms. The summed E-state index contributed by atoms with van der Waals surface area (Å²) < 4.78 is 5.06. The van der Waals surface area contributed by atoms with Crippen molar-refractivity contribution >= 4 is 5.71 Å². The number of nitrogens with zero attached hydrogens (tertiary/aromatic N) is 1. The fourth-order valence-corrected chi connectivity index (χ4v) is 1.79. The number of aliphatic imine (C=N–C) groups is 1. The van der Waals surface area contributed by atoms with Crippen molar-refractivity contribution in [3.8, 4) is 0 Å². The lowest BCUT2D eigenvalue weighted by atomic mass is 9.99. The Bertz CT molecular complexity index is 280. The number of rotatable bonds is 3. The Labute approximate surface area is 72.6 Å². The second-order valence-electron chi connectivity index (χ2n) is 3.50. The molecule has 2 nitrogen and oxygen atoms in total. The topological polar surface area (TPSA) is 21.6 Å². The molecule has 2 rings (SSSR count). The number of ether oxygens (including phenoxy) is 1. The average molecular weight is 163 g/mol. The highest BCUT2D eigenvalue weighted by molar-refractivity contribution is 6.08. The summed E-state index contributed by atoms with van der Waals surface area (Å²) in [5, 5.41) is 0. The monoisotopic (exact) mass is 163 g/mol. The molecule has 0 aromatic rings. The summed E-state index contributed by atoms with van der Waals surface area (Å²) in [7, 11) is 1.65. The summed E-state index contributed by atoms with van der Waals surface area (Å²) in [6.45, 7) is 7.64. The maximum Gasteiger partial charge on any atom is 0.113 e. The van der Waals surface area contributed by atoms with E-state index < -0.39 is 0 Å². The van der Waals surface area contributed by atoms with Crippen LogP contribution in [0.25, 0.3) is 0 Å². The first-order valence-electron chi connectivity index (χ1n) is 4.15. The normalized spacial score (nSPS) is 36.8. The van der Waals surface area contributed by atoms with Crippen molar-refractivity contribution in [2.75, 3.05) is 7.11 Å². The molecule has 0 radical (unpaired) electrons. The van der Waals surface area contributed by atoms with Crippen molar-refractivity contribution in [2.45, 2.75) is 18.9 Å². The highest BCUT2D eigenvalue weighted by atomic mass is 16.5. The SMILES string of the molecule is C=CC12CC1=NC(C(=C)OC)C2. The van der Waals surface area contributed by atoms with Gasteiger partial charge in [0.25, 0.3) is 0 Å². The summed E-state index contributed by atoms with van der Waals surface area (Å²) in [5.41, 5.74) is 1.51. The lowest BCUT2D eigenvalue weighted by Gasteiger charge is -2.12. The van der Waals surface area contributed by atoms with Crippen LogP contribution in [0, 0.1) is 5.41 Å². The number of allylic oxidation sites excluding steroid dienone is 1. The van der Waals surface area contributed by atoms with Crippen LogP contribution in [0.2, 0.25) is 0 Å². The van der Waals surface area contributed by atoms with Crippen LogP contribution >= 0.6 is 0 Å². The highest BCUT2D eigenvalue weighted by Crippen LogP contribution is 2.53. The smallest absolute Gasteiger partial charge is 0.113 e. The van der Waals surface area contributed by atoms with Gasteiger partial charge in [-0.25, -0.2) is 0 Å². The van der Waals surface area contributed by atoms with Gasteiger partial charge in [0.2, 0.25) is 0 Å². The van der Waals surface area contributed by atoms with Crippen molar-refractivity contribution in [2.24, 2.45) is 10.4 Å². The molecular formula is C10H13NO. The summed E-state index contributed by atoms with van der Waals surface area (Å²) in [4.78, 5) is 4.50. The number of hydrogen-bond acceptors (Lipinski definition) is 2. The maximum atomic E-state index is 5.06. The van der Waals surface area contributed by atoms with E-state index in [9.17, 15) is 0 Å². The molecule has 64 valence electrons. The molecule has 2 aliphatic rings. The van der Waals surface area contributed by atoms with Gasteiger partial charge < -0.3 is 4.74 Å². The van der Waals surface area contributed by atoms with Crippen molar-refractivity contribution in [1.29, 1.82) is 0 Å². The van der Waals surface area contributed by atoms with E-state index in [0.717, 1.165) is 18.6 Å². The van der Waals surface area contributed by atoms with Crippen molar-refractivity contribution in [1.82, 2.24) is 0 Å². The quantitative estimate of drug-likeness (QED) is 0.460. The number of hydrogen-bond donors (Lipinski definition) is 0. The molecule has 0 spiro atoms. The van der Waals surface area contributed by atoms with Crippen LogP contribution in [0.4, 0.5) is 0 Å². The van der Waals surface area contributed by atoms with E-state index in [4.69, 9.17) is 4.74 Å². The van der Waals surface area contributed by atoms with Gasteiger partial charge in [-0.3, -0.25) is 4.99 Å². The molecule has 1 fully saturated rings. The fourth-order valence-electron chi connectivity index (χ4n) is 1.79. The molecule has 1 heterocycles. The van der Waals surface area contributed by atoms with E-state index in [1.165, 1.54) is 5.71 Å². The average Bonchev–Trinajstić information content (AvgIpc) is 2.68. The van der Waals surface area contributed by atoms with Gasteiger partial charge in [0.15, 0.2) is 0 Å². The third kappa shape index (κ3) is 0.840. The van der Waals surface area contributed by atoms with Crippen LogP contribution in [-0.4, -0.2) is 18.9 Å². The van der Waals surface area contributed by atoms with Gasteiger partial charge in [0.1, 0.15) is 11.8 Å². The van der Waals surface area contributed by atoms with Crippen molar-refractivity contribution in [3.63, 3.8) is 0 Å². The zero-order chi connectivity index (χ0) is 8.77. The van der Waals surface area contributed by atoms with Gasteiger partial charge >= 0.3 is 0 Å². The molecule has 1 aliphatic carbocycles. The van der Waals surface area contributed by atoms with Gasteiger partial charge in [-0.15, -0.1) is 6.58 Å². The Morgan fingerprint density at radius 2 is 2.58 bits per heavy atom. The first-order valence-corrected chi connectivity index (χ1v) is 4.15. The maximum absolute atomic E-state index is 5.06. The first kappa shape index (κ1) is 7.59. The summed E-state index contributed by atoms with van der Waals surface area (Å²) in [6, 6.07) is 0.178. The van der Waals surface area contributed by atoms with E-state index in [2.05, 4.69) is 18.2 Å². The predicted octanol–water partition coefficient (Wildman–Crippen LogP) is 1.94. The summed E-state index contributed by atoms with van der Waals surface area (Å²) in [5.74, 6) is 0.774.